The fourth-order valence-electron chi connectivity index (χ4n) is 2.60. The molecule has 0 bridgehead atoms. The van der Waals surface area contributed by atoms with Crippen molar-refractivity contribution in [1.82, 2.24) is 0 Å². The molecule has 2 aromatic carbocycles. The molecule has 1 N–H and O–H groups in total. The largest absolute Gasteiger partial charge is 0.355 e. The zero-order valence-corrected chi connectivity index (χ0v) is 15.6. The lowest BCUT2D eigenvalue weighted by molar-refractivity contribution is 1.33. The van der Waals surface area contributed by atoms with Crippen LogP contribution in [-0.2, 0) is 0 Å². The van der Waals surface area contributed by atoms with Gasteiger partial charge in [0, 0.05) is 16.8 Å². The molecule has 126 valence electrons. The molecule has 2 aromatic rings. The first-order chi connectivity index (χ1) is 11.7. The van der Waals surface area contributed by atoms with Crippen LogP contribution in [0.15, 0.2) is 90.2 Å². The third-order valence-corrected chi connectivity index (χ3v) is 3.68. The van der Waals surface area contributed by atoms with Crippen LogP contribution in [0.1, 0.15) is 34.6 Å². The van der Waals surface area contributed by atoms with Crippen LogP contribution in [0.4, 0.5) is 5.69 Å². The lowest BCUT2D eigenvalue weighted by atomic mass is 10.0. The van der Waals surface area contributed by atoms with Gasteiger partial charge < -0.3 is 5.32 Å². The van der Waals surface area contributed by atoms with E-state index in [2.05, 4.69) is 73.4 Å². The van der Waals surface area contributed by atoms with Gasteiger partial charge >= 0.3 is 0 Å². The maximum absolute atomic E-state index is 3.96. The van der Waals surface area contributed by atoms with Crippen LogP contribution in [0.2, 0.25) is 0 Å². The topological polar surface area (TPSA) is 12.0 Å². The van der Waals surface area contributed by atoms with Crippen molar-refractivity contribution in [3.8, 4) is 0 Å². The summed E-state index contributed by atoms with van der Waals surface area (Å²) in [5, 5.41) is 6.01. The van der Waals surface area contributed by atoms with E-state index in [0.29, 0.717) is 0 Å². The molecule has 0 aromatic heterocycles. The van der Waals surface area contributed by atoms with Gasteiger partial charge in [-0.05, 0) is 43.4 Å². The van der Waals surface area contributed by atoms with Crippen LogP contribution >= 0.6 is 0 Å². The molecule has 0 atom stereocenters. The van der Waals surface area contributed by atoms with Gasteiger partial charge in [-0.3, -0.25) is 0 Å². The third kappa shape index (κ3) is 4.73. The Hall–Kier alpha value is -2.54. The number of fused-ring (bicyclic) bond motifs is 1. The van der Waals surface area contributed by atoms with Gasteiger partial charge in [-0.2, -0.15) is 0 Å². The van der Waals surface area contributed by atoms with Gasteiger partial charge in [-0.15, -0.1) is 0 Å². The molecule has 1 heteroatoms. The first-order valence-corrected chi connectivity index (χ1v) is 8.58. The number of allylic oxidation sites excluding steroid dienone is 5. The number of rotatable bonds is 5. The van der Waals surface area contributed by atoms with E-state index in [4.69, 9.17) is 0 Å². The number of benzene rings is 2. The van der Waals surface area contributed by atoms with Gasteiger partial charge in [-0.25, -0.2) is 0 Å². The van der Waals surface area contributed by atoms with Crippen LogP contribution < -0.4 is 5.32 Å². The number of hydrogen-bond donors (Lipinski definition) is 1. The monoisotopic (exact) mass is 319 g/mol. The molecular weight excluding hydrogens is 290 g/mol. The van der Waals surface area contributed by atoms with Crippen molar-refractivity contribution in [2.24, 2.45) is 0 Å². The molecule has 1 nitrogen and oxygen atoms in total. The van der Waals surface area contributed by atoms with Gasteiger partial charge in [0.15, 0.2) is 0 Å². The van der Waals surface area contributed by atoms with Crippen molar-refractivity contribution in [1.29, 1.82) is 0 Å². The Bertz CT molecular complexity index is 755. The fourth-order valence-corrected chi connectivity index (χ4v) is 2.60. The van der Waals surface area contributed by atoms with E-state index in [9.17, 15) is 0 Å². The first kappa shape index (κ1) is 19.5. The predicted octanol–water partition coefficient (Wildman–Crippen LogP) is 7.26. The zero-order valence-electron chi connectivity index (χ0n) is 15.6. The molecule has 2 rings (SSSR count). The Balaban J connectivity index is 0.00000139. The van der Waals surface area contributed by atoms with E-state index >= 15 is 0 Å². The summed E-state index contributed by atoms with van der Waals surface area (Å²) in [6.45, 7) is 14.1. The van der Waals surface area contributed by atoms with Gasteiger partial charge in [-0.1, -0.05) is 81.1 Å². The highest BCUT2D eigenvalue weighted by molar-refractivity contribution is 5.94. The highest BCUT2D eigenvalue weighted by Gasteiger charge is 2.06. The van der Waals surface area contributed by atoms with Crippen molar-refractivity contribution in [3.05, 3.63) is 90.2 Å². The SMILES string of the molecule is C=CC(/C(=C\C)Nc1cccc2ccccc12)=C(C)\C=C/C.CC. The minimum Gasteiger partial charge on any atom is -0.355 e. The second kappa shape index (κ2) is 10.3. The molecule has 0 saturated heterocycles. The maximum Gasteiger partial charge on any atom is 0.0463 e. The summed E-state index contributed by atoms with van der Waals surface area (Å²) in [5.74, 6) is 0. The Morgan fingerprint density at radius 3 is 2.29 bits per heavy atom. The summed E-state index contributed by atoms with van der Waals surface area (Å²) < 4.78 is 0. The van der Waals surface area contributed by atoms with Crippen molar-refractivity contribution in [2.75, 3.05) is 5.32 Å². The molecular formula is C23H29N. The van der Waals surface area contributed by atoms with Gasteiger partial charge in [0.05, 0.1) is 0 Å². The van der Waals surface area contributed by atoms with Crippen LogP contribution in [0.3, 0.4) is 0 Å². The highest BCUT2D eigenvalue weighted by Crippen LogP contribution is 2.27. The first-order valence-electron chi connectivity index (χ1n) is 8.58. The molecule has 0 aliphatic rings. The summed E-state index contributed by atoms with van der Waals surface area (Å²) >= 11 is 0. The summed E-state index contributed by atoms with van der Waals surface area (Å²) in [6, 6.07) is 14.7. The van der Waals surface area contributed by atoms with Crippen LogP contribution in [0.25, 0.3) is 10.8 Å². The average Bonchev–Trinajstić information content (AvgIpc) is 2.63. The average molecular weight is 319 g/mol. The quantitative estimate of drug-likeness (QED) is 0.572. The van der Waals surface area contributed by atoms with E-state index in [1.54, 1.807) is 0 Å². The maximum atomic E-state index is 3.96. The van der Waals surface area contributed by atoms with Crippen molar-refractivity contribution in [3.63, 3.8) is 0 Å². The second-order valence-corrected chi connectivity index (χ2v) is 5.15. The van der Waals surface area contributed by atoms with Gasteiger partial charge in [0.25, 0.3) is 0 Å². The summed E-state index contributed by atoms with van der Waals surface area (Å²) in [5.41, 5.74) is 4.49. The number of nitrogens with one attached hydrogen (secondary N) is 1. The Morgan fingerprint density at radius 2 is 1.67 bits per heavy atom. The molecule has 0 aliphatic heterocycles. The molecule has 0 amide bonds. The molecule has 0 spiro atoms. The minimum atomic E-state index is 1.07. The second-order valence-electron chi connectivity index (χ2n) is 5.15. The molecule has 0 radical (unpaired) electrons. The Kier molecular flexibility index (Phi) is 8.35. The number of hydrogen-bond acceptors (Lipinski definition) is 1. The molecule has 0 saturated carbocycles. The normalized spacial score (nSPS) is 12.5. The number of anilines is 1. The summed E-state index contributed by atoms with van der Waals surface area (Å²) in [6.07, 6.45) is 8.14. The smallest absolute Gasteiger partial charge is 0.0463 e. The van der Waals surface area contributed by atoms with Crippen LogP contribution in [0, 0.1) is 0 Å². The minimum absolute atomic E-state index is 1.07. The fraction of sp³-hybridized carbons (Fsp3) is 0.217. The van der Waals surface area contributed by atoms with E-state index in [1.165, 1.54) is 16.3 Å². The molecule has 24 heavy (non-hydrogen) atoms. The van der Waals surface area contributed by atoms with Crippen LogP contribution in [0.5, 0.6) is 0 Å². The van der Waals surface area contributed by atoms with E-state index < -0.39 is 0 Å². The summed E-state index contributed by atoms with van der Waals surface area (Å²) in [7, 11) is 0. The third-order valence-electron chi connectivity index (χ3n) is 3.68. The van der Waals surface area contributed by atoms with Crippen molar-refractivity contribution < 1.29 is 0 Å². The van der Waals surface area contributed by atoms with Gasteiger partial charge in [0.2, 0.25) is 0 Å². The predicted molar refractivity (Wildman–Crippen MR) is 110 cm³/mol. The van der Waals surface area contributed by atoms with Crippen molar-refractivity contribution in [2.45, 2.75) is 34.6 Å². The molecule has 0 unspecified atom stereocenters. The van der Waals surface area contributed by atoms with Crippen LogP contribution in [-0.4, -0.2) is 0 Å². The Labute approximate surface area is 147 Å². The van der Waals surface area contributed by atoms with Gasteiger partial charge in [0.1, 0.15) is 0 Å². The van der Waals surface area contributed by atoms with Crippen molar-refractivity contribution >= 4 is 16.5 Å². The molecule has 0 aliphatic carbocycles. The summed E-state index contributed by atoms with van der Waals surface area (Å²) in [4.78, 5) is 0. The zero-order chi connectivity index (χ0) is 17.9. The lowest BCUT2D eigenvalue weighted by Gasteiger charge is -2.15. The Morgan fingerprint density at radius 1 is 1.00 bits per heavy atom. The van der Waals surface area contributed by atoms with E-state index in [1.807, 2.05) is 39.8 Å². The standard InChI is InChI=1S/C21H23N.C2H6/c1-5-11-16(4)18(6-2)20(7-3)22-21-15-10-13-17-12-8-9-14-19(17)21;1-2/h5-15,22H,2H2,1,3-4H3;1-2H3/b11-5-,18-16+,20-7+;. The van der Waals surface area contributed by atoms with E-state index in [-0.39, 0.29) is 0 Å². The highest BCUT2D eigenvalue weighted by atomic mass is 14.9. The van der Waals surface area contributed by atoms with E-state index in [0.717, 1.165) is 17.0 Å². The molecule has 0 fully saturated rings. The molecule has 0 heterocycles. The lowest BCUT2D eigenvalue weighted by Crippen LogP contribution is -2.03.